The molecule has 0 aliphatic heterocycles. The van der Waals surface area contributed by atoms with E-state index in [-0.39, 0.29) is 0 Å². The van der Waals surface area contributed by atoms with Gasteiger partial charge in [0.25, 0.3) is 0 Å². The van der Waals surface area contributed by atoms with E-state index in [0.717, 1.165) is 5.75 Å². The molecule has 0 aromatic heterocycles. The smallest absolute Gasteiger partial charge is 0.119 e. The summed E-state index contributed by atoms with van der Waals surface area (Å²) in [6, 6.07) is 18.7. The Balaban J connectivity index is 1.69. The lowest BCUT2D eigenvalue weighted by Crippen LogP contribution is -2.37. The predicted molar refractivity (Wildman–Crippen MR) is 91.0 cm³/mol. The van der Waals surface area contributed by atoms with Crippen molar-refractivity contribution >= 4 is 13.3 Å². The molecule has 0 bridgehead atoms. The van der Waals surface area contributed by atoms with Gasteiger partial charge in [0.1, 0.15) is 12.4 Å². The fourth-order valence-corrected chi connectivity index (χ4v) is 3.19. The van der Waals surface area contributed by atoms with Crippen molar-refractivity contribution in [3.8, 4) is 5.75 Å². The molecule has 2 nitrogen and oxygen atoms in total. The summed E-state index contributed by atoms with van der Waals surface area (Å²) >= 11 is 0. The number of para-hydroxylation sites is 1. The van der Waals surface area contributed by atoms with Crippen molar-refractivity contribution in [1.29, 1.82) is 0 Å². The standard InChI is InChI=1S/C18H24O2Si/c1-21(2,3)18-11-9-16(10-12-18)15-19-13-14-20-17-7-5-4-6-8-17/h4-12H,13-15H2,1-3H3. The van der Waals surface area contributed by atoms with Gasteiger partial charge in [0.2, 0.25) is 0 Å². The van der Waals surface area contributed by atoms with E-state index >= 15 is 0 Å². The zero-order valence-corrected chi connectivity index (χ0v) is 14.1. The van der Waals surface area contributed by atoms with E-state index < -0.39 is 8.07 Å². The summed E-state index contributed by atoms with van der Waals surface area (Å²) in [4.78, 5) is 0. The molecule has 0 radical (unpaired) electrons. The first kappa shape index (κ1) is 15.8. The van der Waals surface area contributed by atoms with E-state index in [1.54, 1.807) is 0 Å². The Hall–Kier alpha value is -1.58. The van der Waals surface area contributed by atoms with Crippen LogP contribution in [0.25, 0.3) is 0 Å². The Labute approximate surface area is 128 Å². The summed E-state index contributed by atoms with van der Waals surface area (Å²) in [6.45, 7) is 8.91. The third-order valence-electron chi connectivity index (χ3n) is 3.33. The molecule has 0 atom stereocenters. The second-order valence-electron chi connectivity index (χ2n) is 6.16. The minimum atomic E-state index is -1.20. The second kappa shape index (κ2) is 7.43. The quantitative estimate of drug-likeness (QED) is 0.571. The summed E-state index contributed by atoms with van der Waals surface area (Å²) in [5.41, 5.74) is 1.22. The highest BCUT2D eigenvalue weighted by atomic mass is 28.3. The number of ether oxygens (including phenoxy) is 2. The molecule has 0 aliphatic rings. The number of rotatable bonds is 7. The molecule has 0 spiro atoms. The van der Waals surface area contributed by atoms with Crippen molar-refractivity contribution in [2.75, 3.05) is 13.2 Å². The van der Waals surface area contributed by atoms with Crippen LogP contribution in [-0.4, -0.2) is 21.3 Å². The van der Waals surface area contributed by atoms with E-state index in [0.29, 0.717) is 19.8 Å². The van der Waals surface area contributed by atoms with Crippen molar-refractivity contribution in [1.82, 2.24) is 0 Å². The summed E-state index contributed by atoms with van der Waals surface area (Å²) < 4.78 is 11.2. The Bertz CT molecular complexity index is 529. The lowest BCUT2D eigenvalue weighted by molar-refractivity contribution is 0.0889. The third-order valence-corrected chi connectivity index (χ3v) is 5.39. The van der Waals surface area contributed by atoms with E-state index in [2.05, 4.69) is 43.9 Å². The monoisotopic (exact) mass is 300 g/mol. The molecule has 0 fully saturated rings. The summed E-state index contributed by atoms with van der Waals surface area (Å²) in [6.07, 6.45) is 0. The highest BCUT2D eigenvalue weighted by molar-refractivity contribution is 6.88. The lowest BCUT2D eigenvalue weighted by Gasteiger charge is -2.16. The Morgan fingerprint density at radius 3 is 2.10 bits per heavy atom. The van der Waals surface area contributed by atoms with Gasteiger partial charge in [-0.2, -0.15) is 0 Å². The maximum atomic E-state index is 5.65. The van der Waals surface area contributed by atoms with Crippen molar-refractivity contribution in [3.63, 3.8) is 0 Å². The van der Waals surface area contributed by atoms with Crippen LogP contribution in [0.2, 0.25) is 19.6 Å². The minimum absolute atomic E-state index is 0.580. The molecule has 2 aromatic carbocycles. The normalized spacial score (nSPS) is 11.4. The van der Waals surface area contributed by atoms with Crippen molar-refractivity contribution in [2.45, 2.75) is 26.2 Å². The van der Waals surface area contributed by atoms with Gasteiger partial charge >= 0.3 is 0 Å². The van der Waals surface area contributed by atoms with Gasteiger partial charge in [-0.1, -0.05) is 67.3 Å². The van der Waals surface area contributed by atoms with Gasteiger partial charge in [0.15, 0.2) is 0 Å². The molecule has 0 saturated heterocycles. The minimum Gasteiger partial charge on any atom is -0.491 e. The number of benzene rings is 2. The SMILES string of the molecule is C[Si](C)(C)c1ccc(COCCOc2ccccc2)cc1. The van der Waals surface area contributed by atoms with E-state index in [9.17, 15) is 0 Å². The molecular weight excluding hydrogens is 276 g/mol. The van der Waals surface area contributed by atoms with Crippen LogP contribution in [-0.2, 0) is 11.3 Å². The van der Waals surface area contributed by atoms with E-state index in [1.165, 1.54) is 10.8 Å². The van der Waals surface area contributed by atoms with Gasteiger partial charge < -0.3 is 9.47 Å². The molecule has 0 saturated carbocycles. The maximum absolute atomic E-state index is 5.65. The molecular formula is C18H24O2Si. The van der Waals surface area contributed by atoms with Crippen molar-refractivity contribution in [2.24, 2.45) is 0 Å². The predicted octanol–water partition coefficient (Wildman–Crippen LogP) is 3.83. The van der Waals surface area contributed by atoms with Gasteiger partial charge in [-0.25, -0.2) is 0 Å². The average Bonchev–Trinajstić information content (AvgIpc) is 2.47. The van der Waals surface area contributed by atoms with Crippen LogP contribution in [0.15, 0.2) is 54.6 Å². The Morgan fingerprint density at radius 1 is 0.810 bits per heavy atom. The molecule has 0 aliphatic carbocycles. The van der Waals surface area contributed by atoms with Crippen LogP contribution < -0.4 is 9.92 Å². The fourth-order valence-electron chi connectivity index (χ4n) is 2.03. The van der Waals surface area contributed by atoms with E-state index in [1.807, 2.05) is 30.3 Å². The second-order valence-corrected chi connectivity index (χ2v) is 11.2. The lowest BCUT2D eigenvalue weighted by atomic mass is 10.2. The van der Waals surface area contributed by atoms with Crippen LogP contribution in [0.1, 0.15) is 5.56 Å². The van der Waals surface area contributed by atoms with Gasteiger partial charge in [0.05, 0.1) is 21.3 Å². The first-order chi connectivity index (χ1) is 10.1. The summed E-state index contributed by atoms with van der Waals surface area (Å²) in [7, 11) is -1.20. The highest BCUT2D eigenvalue weighted by Crippen LogP contribution is 2.08. The third kappa shape index (κ3) is 5.36. The van der Waals surface area contributed by atoms with Crippen LogP contribution in [0.5, 0.6) is 5.75 Å². The van der Waals surface area contributed by atoms with Gasteiger partial charge in [-0.3, -0.25) is 0 Å². The number of hydrogen-bond donors (Lipinski definition) is 0. The van der Waals surface area contributed by atoms with Gasteiger partial charge in [-0.05, 0) is 17.7 Å². The first-order valence-corrected chi connectivity index (χ1v) is 10.9. The van der Waals surface area contributed by atoms with Gasteiger partial charge in [0, 0.05) is 0 Å². The molecule has 0 unspecified atom stereocenters. The molecule has 3 heteroatoms. The molecule has 0 heterocycles. The Morgan fingerprint density at radius 2 is 1.48 bits per heavy atom. The van der Waals surface area contributed by atoms with Crippen molar-refractivity contribution < 1.29 is 9.47 Å². The summed E-state index contributed by atoms with van der Waals surface area (Å²) in [5, 5.41) is 1.48. The van der Waals surface area contributed by atoms with Crippen LogP contribution >= 0.6 is 0 Å². The zero-order chi connectivity index (χ0) is 15.1. The first-order valence-electron chi connectivity index (χ1n) is 7.41. The fraction of sp³-hybridized carbons (Fsp3) is 0.333. The topological polar surface area (TPSA) is 18.5 Å². The van der Waals surface area contributed by atoms with Crippen LogP contribution in [0, 0.1) is 0 Å². The molecule has 0 amide bonds. The number of hydrogen-bond acceptors (Lipinski definition) is 2. The van der Waals surface area contributed by atoms with Crippen LogP contribution in [0.3, 0.4) is 0 Å². The van der Waals surface area contributed by atoms with Crippen LogP contribution in [0.4, 0.5) is 0 Å². The molecule has 2 rings (SSSR count). The molecule has 112 valence electrons. The van der Waals surface area contributed by atoms with Crippen molar-refractivity contribution in [3.05, 3.63) is 60.2 Å². The van der Waals surface area contributed by atoms with Gasteiger partial charge in [-0.15, -0.1) is 0 Å². The molecule has 2 aromatic rings. The molecule has 0 N–H and O–H groups in total. The zero-order valence-electron chi connectivity index (χ0n) is 13.1. The maximum Gasteiger partial charge on any atom is 0.119 e. The van der Waals surface area contributed by atoms with E-state index in [4.69, 9.17) is 9.47 Å². The summed E-state index contributed by atoms with van der Waals surface area (Å²) in [5.74, 6) is 0.889. The highest BCUT2D eigenvalue weighted by Gasteiger charge is 2.15. The Kier molecular flexibility index (Phi) is 5.59. The largest absolute Gasteiger partial charge is 0.491 e. The average molecular weight is 300 g/mol. The molecule has 21 heavy (non-hydrogen) atoms.